The van der Waals surface area contributed by atoms with Gasteiger partial charge in [0.25, 0.3) is 0 Å². The minimum atomic E-state index is -0.528. The Labute approximate surface area is 104 Å². The highest BCUT2D eigenvalue weighted by atomic mass is 16.3. The highest BCUT2D eigenvalue weighted by Crippen LogP contribution is 2.75. The highest BCUT2D eigenvalue weighted by Gasteiger charge is 2.70. The first-order valence-electron chi connectivity index (χ1n) is 7.08. The molecule has 0 heterocycles. The zero-order chi connectivity index (χ0) is 12.6. The topological polar surface area (TPSA) is 40.5 Å². The van der Waals surface area contributed by atoms with Gasteiger partial charge in [-0.25, -0.2) is 0 Å². The van der Waals surface area contributed by atoms with Crippen molar-refractivity contribution in [3.05, 3.63) is 0 Å². The van der Waals surface area contributed by atoms with Crippen LogP contribution in [0.2, 0.25) is 0 Å². The maximum absolute atomic E-state index is 10.5. The van der Waals surface area contributed by atoms with Gasteiger partial charge in [-0.3, -0.25) is 0 Å². The number of rotatable bonds is 0. The smallest absolute Gasteiger partial charge is 0.0838 e. The van der Waals surface area contributed by atoms with Gasteiger partial charge in [0.05, 0.1) is 12.2 Å². The van der Waals surface area contributed by atoms with Crippen LogP contribution in [-0.2, 0) is 0 Å². The third-order valence-electron chi connectivity index (χ3n) is 6.80. The second-order valence-electron chi connectivity index (χ2n) is 8.04. The third kappa shape index (κ3) is 1.19. The lowest BCUT2D eigenvalue weighted by Crippen LogP contribution is -2.59. The van der Waals surface area contributed by atoms with Gasteiger partial charge < -0.3 is 10.2 Å². The zero-order valence-corrected chi connectivity index (χ0v) is 11.5. The average molecular weight is 238 g/mol. The molecule has 3 saturated carbocycles. The molecule has 3 aliphatic rings. The molecule has 0 aromatic rings. The Balaban J connectivity index is 2.11. The maximum Gasteiger partial charge on any atom is 0.0838 e. The van der Waals surface area contributed by atoms with Crippen LogP contribution in [0.3, 0.4) is 0 Å². The van der Waals surface area contributed by atoms with Crippen LogP contribution in [0, 0.1) is 28.1 Å². The van der Waals surface area contributed by atoms with Gasteiger partial charge in [0.2, 0.25) is 0 Å². The first-order valence-corrected chi connectivity index (χ1v) is 7.08. The van der Waals surface area contributed by atoms with E-state index in [-0.39, 0.29) is 22.2 Å². The predicted octanol–water partition coefficient (Wildman–Crippen LogP) is 2.58. The molecule has 5 unspecified atom stereocenters. The van der Waals surface area contributed by atoms with E-state index in [4.69, 9.17) is 0 Å². The predicted molar refractivity (Wildman–Crippen MR) is 67.5 cm³/mol. The molecule has 2 heteroatoms. The minimum absolute atomic E-state index is 0.166. The van der Waals surface area contributed by atoms with Crippen LogP contribution >= 0.6 is 0 Å². The Morgan fingerprint density at radius 2 is 1.65 bits per heavy atom. The average Bonchev–Trinajstić information content (AvgIpc) is 2.69. The number of hydrogen-bond donors (Lipinski definition) is 2. The van der Waals surface area contributed by atoms with Crippen LogP contribution in [0.15, 0.2) is 0 Å². The van der Waals surface area contributed by atoms with E-state index in [1.165, 1.54) is 19.3 Å². The van der Waals surface area contributed by atoms with Crippen molar-refractivity contribution in [3.8, 4) is 0 Å². The quantitative estimate of drug-likeness (QED) is 0.681. The maximum atomic E-state index is 10.5. The summed E-state index contributed by atoms with van der Waals surface area (Å²) in [7, 11) is 0. The van der Waals surface area contributed by atoms with Gasteiger partial charge >= 0.3 is 0 Å². The molecule has 0 aromatic heterocycles. The standard InChI is InChI=1S/C15H26O2/c1-13(2)8-10(16)11(17)12-14(3,4)9-5-6-15(12,13)7-9/h9-12,16-17H,5-8H2,1-4H3. The molecule has 17 heavy (non-hydrogen) atoms. The van der Waals surface area contributed by atoms with Gasteiger partial charge in [0.1, 0.15) is 0 Å². The molecular weight excluding hydrogens is 212 g/mol. The number of aliphatic hydroxyl groups excluding tert-OH is 2. The lowest BCUT2D eigenvalue weighted by molar-refractivity contribution is -0.183. The van der Waals surface area contributed by atoms with Gasteiger partial charge in [0.15, 0.2) is 0 Å². The van der Waals surface area contributed by atoms with Crippen LogP contribution in [0.1, 0.15) is 53.4 Å². The van der Waals surface area contributed by atoms with E-state index >= 15 is 0 Å². The summed E-state index contributed by atoms with van der Waals surface area (Å²) >= 11 is 0. The fourth-order valence-electron chi connectivity index (χ4n) is 5.83. The first kappa shape index (κ1) is 12.0. The summed E-state index contributed by atoms with van der Waals surface area (Å²) in [4.78, 5) is 0. The number of fused-ring (bicyclic) bond motifs is 1. The van der Waals surface area contributed by atoms with Crippen molar-refractivity contribution >= 4 is 0 Å². The van der Waals surface area contributed by atoms with Crippen LogP contribution in [0.25, 0.3) is 0 Å². The van der Waals surface area contributed by atoms with Crippen LogP contribution < -0.4 is 0 Å². The molecule has 2 N–H and O–H groups in total. The second-order valence-corrected chi connectivity index (χ2v) is 8.04. The number of hydrogen-bond acceptors (Lipinski definition) is 2. The largest absolute Gasteiger partial charge is 0.390 e. The molecule has 0 saturated heterocycles. The number of aliphatic hydroxyl groups is 2. The summed E-state index contributed by atoms with van der Waals surface area (Å²) in [6.07, 6.45) is 3.55. The molecule has 3 rings (SSSR count). The molecule has 3 aliphatic carbocycles. The molecule has 2 bridgehead atoms. The van der Waals surface area contributed by atoms with E-state index in [9.17, 15) is 10.2 Å². The van der Waals surface area contributed by atoms with E-state index in [0.29, 0.717) is 0 Å². The second kappa shape index (κ2) is 3.08. The highest BCUT2D eigenvalue weighted by molar-refractivity contribution is 5.19. The molecule has 2 nitrogen and oxygen atoms in total. The molecule has 0 aliphatic heterocycles. The van der Waals surface area contributed by atoms with Crippen molar-refractivity contribution < 1.29 is 10.2 Å². The summed E-state index contributed by atoms with van der Waals surface area (Å²) in [5, 5.41) is 20.7. The molecule has 5 atom stereocenters. The van der Waals surface area contributed by atoms with Crippen LogP contribution in [-0.4, -0.2) is 22.4 Å². The molecule has 1 spiro atoms. The van der Waals surface area contributed by atoms with E-state index in [1.807, 2.05) is 0 Å². The van der Waals surface area contributed by atoms with Crippen LogP contribution in [0.5, 0.6) is 0 Å². The lowest BCUT2D eigenvalue weighted by atomic mass is 9.47. The lowest BCUT2D eigenvalue weighted by Gasteiger charge is -2.59. The Hall–Kier alpha value is -0.0800. The Morgan fingerprint density at radius 1 is 1.00 bits per heavy atom. The van der Waals surface area contributed by atoms with Crippen molar-refractivity contribution in [2.24, 2.45) is 28.1 Å². The summed E-state index contributed by atoms with van der Waals surface area (Å²) in [6.45, 7) is 9.22. The molecule has 0 radical (unpaired) electrons. The van der Waals surface area contributed by atoms with Crippen LogP contribution in [0.4, 0.5) is 0 Å². The van der Waals surface area contributed by atoms with Crippen molar-refractivity contribution in [2.45, 2.75) is 65.6 Å². The van der Waals surface area contributed by atoms with Gasteiger partial charge in [-0.05, 0) is 53.8 Å². The SMILES string of the molecule is CC1(C)C2CCC3(C2)C1C(O)C(O)CC3(C)C. The Morgan fingerprint density at radius 3 is 2.29 bits per heavy atom. The monoisotopic (exact) mass is 238 g/mol. The van der Waals surface area contributed by atoms with E-state index < -0.39 is 12.2 Å². The van der Waals surface area contributed by atoms with E-state index in [1.54, 1.807) is 0 Å². The van der Waals surface area contributed by atoms with Crippen molar-refractivity contribution in [2.75, 3.05) is 0 Å². The fourth-order valence-corrected chi connectivity index (χ4v) is 5.83. The summed E-state index contributed by atoms with van der Waals surface area (Å²) in [5.74, 6) is 1.03. The van der Waals surface area contributed by atoms with Gasteiger partial charge in [-0.1, -0.05) is 27.7 Å². The summed E-state index contributed by atoms with van der Waals surface area (Å²) in [6, 6.07) is 0. The Kier molecular flexibility index (Phi) is 2.17. The molecule has 3 fully saturated rings. The molecule has 98 valence electrons. The van der Waals surface area contributed by atoms with Gasteiger partial charge in [-0.15, -0.1) is 0 Å². The van der Waals surface area contributed by atoms with Gasteiger partial charge in [0, 0.05) is 0 Å². The Bertz CT molecular complexity index is 347. The third-order valence-corrected chi connectivity index (χ3v) is 6.80. The molecule has 0 aromatic carbocycles. The molecular formula is C15H26O2. The van der Waals surface area contributed by atoms with Crippen molar-refractivity contribution in [1.29, 1.82) is 0 Å². The van der Waals surface area contributed by atoms with Crippen molar-refractivity contribution in [3.63, 3.8) is 0 Å². The van der Waals surface area contributed by atoms with Crippen molar-refractivity contribution in [1.82, 2.24) is 0 Å². The zero-order valence-electron chi connectivity index (χ0n) is 11.5. The van der Waals surface area contributed by atoms with E-state index in [2.05, 4.69) is 27.7 Å². The fraction of sp³-hybridized carbons (Fsp3) is 1.00. The summed E-state index contributed by atoms with van der Waals surface area (Å²) < 4.78 is 0. The van der Waals surface area contributed by atoms with Gasteiger partial charge in [-0.2, -0.15) is 0 Å². The first-order chi connectivity index (χ1) is 7.72. The normalized spacial score (nSPS) is 54.7. The summed E-state index contributed by atoms with van der Waals surface area (Å²) in [5.41, 5.74) is 0.634. The minimum Gasteiger partial charge on any atom is -0.390 e. The molecule has 0 amide bonds. The van der Waals surface area contributed by atoms with E-state index in [0.717, 1.165) is 12.3 Å².